The van der Waals surface area contributed by atoms with E-state index in [1.54, 1.807) is 48.5 Å². The summed E-state index contributed by atoms with van der Waals surface area (Å²) in [6.07, 6.45) is 0.658. The topological polar surface area (TPSA) is 52.6 Å². The maximum Gasteiger partial charge on any atom is 0.338 e. The molecule has 0 bridgehead atoms. The highest BCUT2D eigenvalue weighted by molar-refractivity contribution is 5.90. The second-order valence-corrected chi connectivity index (χ2v) is 6.30. The average Bonchev–Trinajstić information content (AvgIpc) is 2.70. The fourth-order valence-corrected chi connectivity index (χ4v) is 2.92. The van der Waals surface area contributed by atoms with Gasteiger partial charge in [-0.25, -0.2) is 9.59 Å². The van der Waals surface area contributed by atoms with E-state index in [0.29, 0.717) is 24.0 Å². The molecule has 0 aliphatic carbocycles. The van der Waals surface area contributed by atoms with Gasteiger partial charge in [0.25, 0.3) is 0 Å². The smallest absolute Gasteiger partial charge is 0.338 e. The predicted octanol–water partition coefficient (Wildman–Crippen LogP) is 4.89. The van der Waals surface area contributed by atoms with Crippen LogP contribution < -0.4 is 0 Å². The lowest BCUT2D eigenvalue weighted by Crippen LogP contribution is -2.35. The quantitative estimate of drug-likeness (QED) is 0.633. The molecule has 0 radical (unpaired) electrons. The maximum atomic E-state index is 12.3. The van der Waals surface area contributed by atoms with E-state index in [-0.39, 0.29) is 30.1 Å². The van der Waals surface area contributed by atoms with Crippen LogP contribution in [-0.2, 0) is 9.47 Å². The van der Waals surface area contributed by atoms with Gasteiger partial charge in [-0.3, -0.25) is 0 Å². The average molecular weight is 354 g/mol. The molecule has 2 unspecified atom stereocenters. The monoisotopic (exact) mass is 354 g/mol. The first-order valence-corrected chi connectivity index (χ1v) is 9.08. The molecule has 2 atom stereocenters. The van der Waals surface area contributed by atoms with Crippen molar-refractivity contribution in [1.82, 2.24) is 0 Å². The first-order valence-electron chi connectivity index (χ1n) is 9.08. The van der Waals surface area contributed by atoms with Gasteiger partial charge < -0.3 is 9.47 Å². The second-order valence-electron chi connectivity index (χ2n) is 6.30. The summed E-state index contributed by atoms with van der Waals surface area (Å²) in [5.74, 6) is -0.813. The predicted molar refractivity (Wildman–Crippen MR) is 101 cm³/mol. The van der Waals surface area contributed by atoms with E-state index in [4.69, 9.17) is 9.47 Å². The van der Waals surface area contributed by atoms with Gasteiger partial charge in [-0.2, -0.15) is 0 Å². The summed E-state index contributed by atoms with van der Waals surface area (Å²) in [6.45, 7) is 5.88. The van der Waals surface area contributed by atoms with Crippen LogP contribution in [0.15, 0.2) is 60.7 Å². The third-order valence-corrected chi connectivity index (χ3v) is 4.51. The SMILES string of the molecule is CCC(OC(=O)c1ccccc1)C(C)C(CC)OC(=O)c1ccccc1. The summed E-state index contributed by atoms with van der Waals surface area (Å²) < 4.78 is 11.4. The van der Waals surface area contributed by atoms with Crippen LogP contribution in [0.25, 0.3) is 0 Å². The molecule has 26 heavy (non-hydrogen) atoms. The zero-order chi connectivity index (χ0) is 18.9. The van der Waals surface area contributed by atoms with Gasteiger partial charge >= 0.3 is 11.9 Å². The molecule has 0 heterocycles. The Bertz CT molecular complexity index is 635. The van der Waals surface area contributed by atoms with Gasteiger partial charge in [0, 0.05) is 5.92 Å². The van der Waals surface area contributed by atoms with Crippen LogP contribution in [0.4, 0.5) is 0 Å². The van der Waals surface area contributed by atoms with E-state index in [0.717, 1.165) is 0 Å². The second kappa shape index (κ2) is 9.76. The van der Waals surface area contributed by atoms with E-state index >= 15 is 0 Å². The van der Waals surface area contributed by atoms with Crippen LogP contribution in [0.5, 0.6) is 0 Å². The minimum Gasteiger partial charge on any atom is -0.458 e. The molecule has 0 amide bonds. The van der Waals surface area contributed by atoms with Gasteiger partial charge in [-0.15, -0.1) is 0 Å². The molecule has 4 nitrogen and oxygen atoms in total. The molecule has 0 spiro atoms. The zero-order valence-electron chi connectivity index (χ0n) is 15.6. The lowest BCUT2D eigenvalue weighted by atomic mass is 9.94. The van der Waals surface area contributed by atoms with Crippen molar-refractivity contribution >= 4 is 11.9 Å². The molecular formula is C22H26O4. The van der Waals surface area contributed by atoms with E-state index in [9.17, 15) is 9.59 Å². The minimum atomic E-state index is -0.353. The van der Waals surface area contributed by atoms with Gasteiger partial charge in [0.1, 0.15) is 12.2 Å². The molecule has 0 aromatic heterocycles. The van der Waals surface area contributed by atoms with Crippen molar-refractivity contribution in [2.24, 2.45) is 5.92 Å². The van der Waals surface area contributed by atoms with Crippen LogP contribution in [-0.4, -0.2) is 24.1 Å². The van der Waals surface area contributed by atoms with Gasteiger partial charge in [0.05, 0.1) is 11.1 Å². The molecule has 0 aliphatic heterocycles. The van der Waals surface area contributed by atoms with E-state index in [1.807, 2.05) is 32.9 Å². The van der Waals surface area contributed by atoms with E-state index in [1.165, 1.54) is 0 Å². The summed E-state index contributed by atoms with van der Waals surface area (Å²) in [7, 11) is 0. The summed E-state index contributed by atoms with van der Waals surface area (Å²) in [5.41, 5.74) is 1.04. The van der Waals surface area contributed by atoms with Crippen molar-refractivity contribution in [2.75, 3.05) is 0 Å². The molecule has 0 saturated carbocycles. The Hall–Kier alpha value is -2.62. The number of carbonyl (C=O) groups is 2. The highest BCUT2D eigenvalue weighted by atomic mass is 16.6. The molecular weight excluding hydrogens is 328 g/mol. The van der Waals surface area contributed by atoms with Gasteiger partial charge in [-0.05, 0) is 37.1 Å². The lowest BCUT2D eigenvalue weighted by molar-refractivity contribution is -0.0299. The number of esters is 2. The fourth-order valence-electron chi connectivity index (χ4n) is 2.92. The van der Waals surface area contributed by atoms with Crippen LogP contribution in [0.1, 0.15) is 54.3 Å². The van der Waals surface area contributed by atoms with E-state index < -0.39 is 0 Å². The van der Waals surface area contributed by atoms with Crippen LogP contribution in [0.3, 0.4) is 0 Å². The number of benzene rings is 2. The van der Waals surface area contributed by atoms with Crippen LogP contribution in [0.2, 0.25) is 0 Å². The molecule has 2 aromatic carbocycles. The van der Waals surface area contributed by atoms with Crippen molar-refractivity contribution in [2.45, 2.75) is 45.8 Å². The standard InChI is InChI=1S/C22H26O4/c1-4-19(25-21(23)17-12-8-6-9-13-17)16(3)20(5-2)26-22(24)18-14-10-7-11-15-18/h6-16,19-20H,4-5H2,1-3H3. The highest BCUT2D eigenvalue weighted by Gasteiger charge is 2.29. The van der Waals surface area contributed by atoms with Crippen molar-refractivity contribution in [3.05, 3.63) is 71.8 Å². The maximum absolute atomic E-state index is 12.3. The number of hydrogen-bond donors (Lipinski definition) is 0. The Balaban J connectivity index is 2.03. The Morgan fingerprint density at radius 1 is 0.731 bits per heavy atom. The lowest BCUT2D eigenvalue weighted by Gasteiger charge is -2.29. The summed E-state index contributed by atoms with van der Waals surface area (Å²) in [6, 6.07) is 17.8. The summed E-state index contributed by atoms with van der Waals surface area (Å²) >= 11 is 0. The van der Waals surface area contributed by atoms with Gasteiger partial charge in [0.2, 0.25) is 0 Å². The number of rotatable bonds is 8. The Kier molecular flexibility index (Phi) is 7.39. The minimum absolute atomic E-state index is 0.106. The third kappa shape index (κ3) is 5.19. The Morgan fingerprint density at radius 2 is 1.08 bits per heavy atom. The number of hydrogen-bond acceptors (Lipinski definition) is 4. The van der Waals surface area contributed by atoms with E-state index in [2.05, 4.69) is 0 Å². The Labute approximate surface area is 155 Å². The van der Waals surface area contributed by atoms with Gasteiger partial charge in [0.15, 0.2) is 0 Å². The molecule has 0 N–H and O–H groups in total. The molecule has 0 fully saturated rings. The molecule has 2 aromatic rings. The van der Waals surface area contributed by atoms with Crippen LogP contribution in [0, 0.1) is 5.92 Å². The first kappa shape index (κ1) is 19.7. The summed E-state index contributed by atoms with van der Waals surface area (Å²) in [5, 5.41) is 0. The highest BCUT2D eigenvalue weighted by Crippen LogP contribution is 2.23. The number of carbonyl (C=O) groups excluding carboxylic acids is 2. The van der Waals surface area contributed by atoms with Crippen molar-refractivity contribution in [3.63, 3.8) is 0 Å². The van der Waals surface area contributed by atoms with Gasteiger partial charge in [-0.1, -0.05) is 57.2 Å². The first-order chi connectivity index (χ1) is 12.6. The number of ether oxygens (including phenoxy) is 2. The molecule has 0 saturated heterocycles. The van der Waals surface area contributed by atoms with Crippen molar-refractivity contribution in [1.29, 1.82) is 0 Å². The van der Waals surface area contributed by atoms with Crippen LogP contribution >= 0.6 is 0 Å². The Morgan fingerprint density at radius 3 is 1.38 bits per heavy atom. The molecule has 0 aliphatic rings. The molecule has 138 valence electrons. The largest absolute Gasteiger partial charge is 0.458 e. The van der Waals surface area contributed by atoms with Crippen molar-refractivity contribution in [3.8, 4) is 0 Å². The normalized spacial score (nSPS) is 14.1. The molecule has 4 heteroatoms. The molecule has 2 rings (SSSR count). The summed E-state index contributed by atoms with van der Waals surface area (Å²) in [4.78, 5) is 24.7. The van der Waals surface area contributed by atoms with Crippen molar-refractivity contribution < 1.29 is 19.1 Å². The third-order valence-electron chi connectivity index (χ3n) is 4.51. The fraction of sp³-hybridized carbons (Fsp3) is 0.364. The zero-order valence-corrected chi connectivity index (χ0v) is 15.6.